The second-order valence-corrected chi connectivity index (χ2v) is 6.56. The Morgan fingerprint density at radius 3 is 2.56 bits per heavy atom. The zero-order chi connectivity index (χ0) is 19.6. The maximum atomic E-state index is 12.8. The molecule has 0 bridgehead atoms. The third-order valence-corrected chi connectivity index (χ3v) is 4.56. The van der Waals surface area contributed by atoms with Gasteiger partial charge in [0.1, 0.15) is 17.8 Å². The first-order valence-corrected chi connectivity index (χ1v) is 8.49. The predicted molar refractivity (Wildman–Crippen MR) is 100 cm³/mol. The molecule has 2 aromatic carbocycles. The number of nitrogens with one attached hydrogen (secondary N) is 2. The maximum Gasteiger partial charge on any atom is 0.325 e. The number of methoxy groups -OCH3 is 1. The molecule has 0 saturated carbocycles. The lowest BCUT2D eigenvalue weighted by Crippen LogP contribution is -2.42. The number of aryl methyl sites for hydroxylation is 1. The Morgan fingerprint density at radius 1 is 1.19 bits per heavy atom. The van der Waals surface area contributed by atoms with E-state index in [0.29, 0.717) is 17.0 Å². The maximum absolute atomic E-state index is 12.8. The fraction of sp³-hybridized carbons (Fsp3) is 0.250. The molecule has 0 spiro atoms. The molecule has 0 radical (unpaired) electrons. The van der Waals surface area contributed by atoms with E-state index in [9.17, 15) is 14.4 Å². The summed E-state index contributed by atoms with van der Waals surface area (Å²) >= 11 is 0. The number of hydrogen-bond acceptors (Lipinski definition) is 4. The summed E-state index contributed by atoms with van der Waals surface area (Å²) in [5.41, 5.74) is 0.893. The zero-order valence-corrected chi connectivity index (χ0v) is 15.4. The molecule has 3 rings (SSSR count). The molecule has 7 nitrogen and oxygen atoms in total. The largest absolute Gasteiger partial charge is 0.495 e. The minimum atomic E-state index is -1.19. The van der Waals surface area contributed by atoms with Gasteiger partial charge in [-0.05, 0) is 37.1 Å². The van der Waals surface area contributed by atoms with Crippen LogP contribution in [0.2, 0.25) is 0 Å². The van der Waals surface area contributed by atoms with Crippen LogP contribution in [0.3, 0.4) is 0 Å². The van der Waals surface area contributed by atoms with Crippen LogP contribution in [0.5, 0.6) is 5.75 Å². The van der Waals surface area contributed by atoms with Gasteiger partial charge in [-0.2, -0.15) is 0 Å². The summed E-state index contributed by atoms with van der Waals surface area (Å²) in [4.78, 5) is 38.5. The quantitative estimate of drug-likeness (QED) is 0.795. The molecule has 1 fully saturated rings. The number of imide groups is 1. The van der Waals surface area contributed by atoms with Crippen molar-refractivity contribution < 1.29 is 19.1 Å². The first kappa shape index (κ1) is 18.4. The van der Waals surface area contributed by atoms with Gasteiger partial charge in [0.05, 0.1) is 12.8 Å². The van der Waals surface area contributed by atoms with E-state index in [4.69, 9.17) is 4.74 Å². The molecule has 1 heterocycles. The van der Waals surface area contributed by atoms with Crippen LogP contribution >= 0.6 is 0 Å². The number of urea groups is 1. The summed E-state index contributed by atoms with van der Waals surface area (Å²) in [6.45, 7) is 3.13. The van der Waals surface area contributed by atoms with Crippen molar-refractivity contribution in [2.75, 3.05) is 19.0 Å². The molecule has 0 aliphatic carbocycles. The van der Waals surface area contributed by atoms with Gasteiger partial charge < -0.3 is 15.4 Å². The Hall–Kier alpha value is -3.35. The van der Waals surface area contributed by atoms with E-state index in [1.165, 1.54) is 7.11 Å². The lowest BCUT2D eigenvalue weighted by atomic mass is 9.92. The van der Waals surface area contributed by atoms with Crippen LogP contribution in [-0.2, 0) is 15.1 Å². The fourth-order valence-electron chi connectivity index (χ4n) is 3.06. The van der Waals surface area contributed by atoms with Gasteiger partial charge in [-0.1, -0.05) is 36.4 Å². The highest BCUT2D eigenvalue weighted by atomic mass is 16.5. The van der Waals surface area contributed by atoms with Gasteiger partial charge in [0, 0.05) is 0 Å². The first-order valence-electron chi connectivity index (χ1n) is 8.49. The molecular formula is C20H21N3O4. The first-order chi connectivity index (χ1) is 12.8. The predicted octanol–water partition coefficient (Wildman–Crippen LogP) is 2.41. The molecule has 2 aromatic rings. The highest BCUT2D eigenvalue weighted by Crippen LogP contribution is 2.29. The number of hydrogen-bond donors (Lipinski definition) is 2. The van der Waals surface area contributed by atoms with E-state index in [1.807, 2.05) is 19.1 Å². The van der Waals surface area contributed by atoms with Crippen LogP contribution in [-0.4, -0.2) is 36.4 Å². The van der Waals surface area contributed by atoms with Gasteiger partial charge in [-0.3, -0.25) is 14.5 Å². The highest BCUT2D eigenvalue weighted by Gasteiger charge is 2.49. The molecule has 0 aromatic heterocycles. The molecule has 1 saturated heterocycles. The Labute approximate surface area is 157 Å². The molecule has 4 amide bonds. The lowest BCUT2D eigenvalue weighted by molar-refractivity contribution is -0.133. The summed E-state index contributed by atoms with van der Waals surface area (Å²) in [5.74, 6) is -0.454. The van der Waals surface area contributed by atoms with Gasteiger partial charge in [0.2, 0.25) is 5.91 Å². The number of carbonyl (C=O) groups is 3. The van der Waals surface area contributed by atoms with Crippen molar-refractivity contribution in [1.82, 2.24) is 10.2 Å². The van der Waals surface area contributed by atoms with Crippen LogP contribution in [0, 0.1) is 6.92 Å². The average Bonchev–Trinajstić information content (AvgIpc) is 2.87. The van der Waals surface area contributed by atoms with E-state index < -0.39 is 23.4 Å². The van der Waals surface area contributed by atoms with Crippen molar-refractivity contribution in [2.24, 2.45) is 0 Å². The third-order valence-electron chi connectivity index (χ3n) is 4.56. The van der Waals surface area contributed by atoms with Crippen molar-refractivity contribution in [2.45, 2.75) is 19.4 Å². The van der Waals surface area contributed by atoms with Crippen LogP contribution < -0.4 is 15.4 Å². The Balaban J connectivity index is 1.76. The van der Waals surface area contributed by atoms with E-state index in [-0.39, 0.29) is 6.54 Å². The molecule has 1 aliphatic rings. The number of carbonyl (C=O) groups excluding carboxylic acids is 3. The second kappa shape index (κ2) is 7.11. The Bertz CT molecular complexity index is 897. The monoisotopic (exact) mass is 367 g/mol. The van der Waals surface area contributed by atoms with E-state index in [2.05, 4.69) is 10.6 Å². The van der Waals surface area contributed by atoms with E-state index >= 15 is 0 Å². The van der Waals surface area contributed by atoms with Crippen molar-refractivity contribution in [1.29, 1.82) is 0 Å². The topological polar surface area (TPSA) is 87.7 Å². The highest BCUT2D eigenvalue weighted by molar-refractivity contribution is 6.10. The fourth-order valence-corrected chi connectivity index (χ4v) is 3.06. The van der Waals surface area contributed by atoms with Gasteiger partial charge in [-0.25, -0.2) is 4.79 Å². The summed E-state index contributed by atoms with van der Waals surface area (Å²) < 4.78 is 5.23. The molecule has 1 atom stereocenters. The summed E-state index contributed by atoms with van der Waals surface area (Å²) in [7, 11) is 1.50. The normalized spacial score (nSPS) is 19.0. The molecule has 27 heavy (non-hydrogen) atoms. The molecule has 140 valence electrons. The number of anilines is 1. The van der Waals surface area contributed by atoms with Crippen molar-refractivity contribution in [3.05, 3.63) is 59.7 Å². The minimum absolute atomic E-state index is 0.385. The molecular weight excluding hydrogens is 346 g/mol. The number of nitrogens with zero attached hydrogens (tertiary/aromatic N) is 1. The zero-order valence-electron chi connectivity index (χ0n) is 15.4. The second-order valence-electron chi connectivity index (χ2n) is 6.56. The van der Waals surface area contributed by atoms with Gasteiger partial charge in [0.25, 0.3) is 5.91 Å². The van der Waals surface area contributed by atoms with Crippen molar-refractivity contribution in [3.63, 3.8) is 0 Å². The van der Waals surface area contributed by atoms with Crippen molar-refractivity contribution >= 4 is 23.5 Å². The summed E-state index contributed by atoms with van der Waals surface area (Å²) in [6, 6.07) is 13.7. The van der Waals surface area contributed by atoms with Crippen LogP contribution in [0.4, 0.5) is 10.5 Å². The molecule has 2 N–H and O–H groups in total. The van der Waals surface area contributed by atoms with Crippen LogP contribution in [0.25, 0.3) is 0 Å². The van der Waals surface area contributed by atoms with Gasteiger partial charge >= 0.3 is 6.03 Å². The Kier molecular flexibility index (Phi) is 4.85. The third kappa shape index (κ3) is 3.48. The number of ether oxygens (including phenoxy) is 1. The van der Waals surface area contributed by atoms with E-state index in [1.54, 1.807) is 43.3 Å². The molecule has 0 unspecified atom stereocenters. The summed E-state index contributed by atoms with van der Waals surface area (Å²) in [6.07, 6.45) is 0. The number of rotatable bonds is 5. The Morgan fingerprint density at radius 2 is 1.89 bits per heavy atom. The van der Waals surface area contributed by atoms with Crippen LogP contribution in [0.15, 0.2) is 48.5 Å². The van der Waals surface area contributed by atoms with Gasteiger partial charge in [-0.15, -0.1) is 0 Å². The van der Waals surface area contributed by atoms with Gasteiger partial charge in [0.15, 0.2) is 0 Å². The standard InChI is InChI=1S/C20H21N3O4/c1-13-9-10-16(27-3)15(11-13)21-17(24)12-23-18(25)20(2,22-19(23)26)14-7-5-4-6-8-14/h4-11H,12H2,1-3H3,(H,21,24)(H,22,26)/t20-/m1/s1. The van der Waals surface area contributed by atoms with E-state index in [0.717, 1.165) is 10.5 Å². The average molecular weight is 367 g/mol. The van der Waals surface area contributed by atoms with Crippen LogP contribution in [0.1, 0.15) is 18.1 Å². The molecule has 7 heteroatoms. The smallest absolute Gasteiger partial charge is 0.325 e. The van der Waals surface area contributed by atoms with Crippen molar-refractivity contribution in [3.8, 4) is 5.75 Å². The SMILES string of the molecule is COc1ccc(C)cc1NC(=O)CN1C(=O)N[C@](C)(c2ccccc2)C1=O. The lowest BCUT2D eigenvalue weighted by Gasteiger charge is -2.22. The summed E-state index contributed by atoms with van der Waals surface area (Å²) in [5, 5.41) is 5.38. The molecule has 1 aliphatic heterocycles. The number of amides is 4. The number of benzene rings is 2. The minimum Gasteiger partial charge on any atom is -0.495 e.